The average Bonchev–Trinajstić information content (AvgIpc) is 2.87. The second-order valence-electron chi connectivity index (χ2n) is 6.11. The lowest BCUT2D eigenvalue weighted by Crippen LogP contribution is -2.41. The molecule has 1 saturated heterocycles. The third kappa shape index (κ3) is 4.49. The predicted molar refractivity (Wildman–Crippen MR) is 97.1 cm³/mol. The van der Waals surface area contributed by atoms with Crippen LogP contribution in [0.4, 0.5) is 5.69 Å². The number of hydrogen-bond donors (Lipinski definition) is 0. The zero-order valence-electron chi connectivity index (χ0n) is 15.0. The number of benzene rings is 1. The van der Waals surface area contributed by atoms with E-state index >= 15 is 0 Å². The number of hydrogen-bond acceptors (Lipinski definition) is 5. The summed E-state index contributed by atoms with van der Waals surface area (Å²) < 4.78 is 0. The van der Waals surface area contributed by atoms with E-state index in [0.29, 0.717) is 24.2 Å². The van der Waals surface area contributed by atoms with Crippen molar-refractivity contribution in [3.8, 4) is 12.1 Å². The second kappa shape index (κ2) is 9.05. The largest absolute Gasteiger partial charge is 0.368 e. The zero-order valence-corrected chi connectivity index (χ0v) is 15.0. The Kier molecular flexibility index (Phi) is 6.80. The standard InChI is InChI=1S/C19H25N5O/c1-3-23(4-2)18(25)15-22-9-6-10-24(12-11-22)19-16(13-20)7-5-8-17(19)14-21/h5,7-8H,3-4,6,9-12,15H2,1-2H3. The summed E-state index contributed by atoms with van der Waals surface area (Å²) in [7, 11) is 0. The van der Waals surface area contributed by atoms with Crippen molar-refractivity contribution in [3.05, 3.63) is 29.3 Å². The van der Waals surface area contributed by atoms with Crippen molar-refractivity contribution in [1.29, 1.82) is 10.5 Å². The Morgan fingerprint density at radius 3 is 2.28 bits per heavy atom. The molecule has 1 aromatic carbocycles. The quantitative estimate of drug-likeness (QED) is 0.818. The maximum atomic E-state index is 12.3. The van der Waals surface area contributed by atoms with Gasteiger partial charge in [-0.15, -0.1) is 0 Å². The van der Waals surface area contributed by atoms with Gasteiger partial charge in [0.05, 0.1) is 23.4 Å². The minimum Gasteiger partial charge on any atom is -0.368 e. The van der Waals surface area contributed by atoms with Crippen molar-refractivity contribution < 1.29 is 4.79 Å². The van der Waals surface area contributed by atoms with E-state index in [9.17, 15) is 15.3 Å². The number of nitriles is 2. The molecule has 1 aliphatic heterocycles. The molecule has 0 aliphatic carbocycles. The van der Waals surface area contributed by atoms with E-state index < -0.39 is 0 Å². The van der Waals surface area contributed by atoms with E-state index in [1.165, 1.54) is 0 Å². The normalized spacial score (nSPS) is 15.1. The first-order valence-electron chi connectivity index (χ1n) is 8.82. The van der Waals surface area contributed by atoms with E-state index in [2.05, 4.69) is 21.9 Å². The summed E-state index contributed by atoms with van der Waals surface area (Å²) in [5.74, 6) is 0.161. The fourth-order valence-electron chi connectivity index (χ4n) is 3.28. The molecule has 1 heterocycles. The van der Waals surface area contributed by atoms with Crippen LogP contribution in [0.2, 0.25) is 0 Å². The van der Waals surface area contributed by atoms with Crippen LogP contribution in [0.3, 0.4) is 0 Å². The Morgan fingerprint density at radius 1 is 1.08 bits per heavy atom. The van der Waals surface area contributed by atoms with Crippen molar-refractivity contribution in [2.45, 2.75) is 20.3 Å². The summed E-state index contributed by atoms with van der Waals surface area (Å²) in [6.07, 6.45) is 0.899. The number of amides is 1. The van der Waals surface area contributed by atoms with Crippen LogP contribution >= 0.6 is 0 Å². The molecular weight excluding hydrogens is 314 g/mol. The first-order chi connectivity index (χ1) is 12.1. The lowest BCUT2D eigenvalue weighted by molar-refractivity contribution is -0.132. The highest BCUT2D eigenvalue weighted by atomic mass is 16.2. The van der Waals surface area contributed by atoms with Crippen molar-refractivity contribution in [3.63, 3.8) is 0 Å². The van der Waals surface area contributed by atoms with E-state index in [0.717, 1.165) is 44.8 Å². The molecule has 6 nitrogen and oxygen atoms in total. The van der Waals surface area contributed by atoms with E-state index in [1.54, 1.807) is 18.2 Å². The number of carbonyl (C=O) groups excluding carboxylic acids is 1. The van der Waals surface area contributed by atoms with Gasteiger partial charge in [0, 0.05) is 39.3 Å². The van der Waals surface area contributed by atoms with Crippen LogP contribution in [0.1, 0.15) is 31.4 Å². The second-order valence-corrected chi connectivity index (χ2v) is 6.11. The summed E-state index contributed by atoms with van der Waals surface area (Å²) in [6, 6.07) is 9.64. The summed E-state index contributed by atoms with van der Waals surface area (Å²) in [5.41, 5.74) is 1.79. The van der Waals surface area contributed by atoms with Gasteiger partial charge in [-0.05, 0) is 32.4 Å². The number of para-hydroxylation sites is 1. The molecule has 0 N–H and O–H groups in total. The molecule has 1 fully saturated rings. The summed E-state index contributed by atoms with van der Waals surface area (Å²) in [4.78, 5) is 18.4. The van der Waals surface area contributed by atoms with Gasteiger partial charge in [-0.3, -0.25) is 9.69 Å². The highest BCUT2D eigenvalue weighted by Gasteiger charge is 2.22. The van der Waals surface area contributed by atoms with Crippen molar-refractivity contribution in [2.24, 2.45) is 0 Å². The van der Waals surface area contributed by atoms with Gasteiger partial charge in [-0.25, -0.2) is 0 Å². The highest BCUT2D eigenvalue weighted by Crippen LogP contribution is 2.26. The maximum absolute atomic E-state index is 12.3. The summed E-state index contributed by atoms with van der Waals surface area (Å²) >= 11 is 0. The molecule has 1 aromatic rings. The number of likely N-dealkylation sites (N-methyl/N-ethyl adjacent to an activating group) is 1. The smallest absolute Gasteiger partial charge is 0.236 e. The Balaban J connectivity index is 2.09. The van der Waals surface area contributed by atoms with E-state index in [4.69, 9.17) is 0 Å². The molecule has 0 radical (unpaired) electrons. The minimum atomic E-state index is 0.161. The maximum Gasteiger partial charge on any atom is 0.236 e. The lowest BCUT2D eigenvalue weighted by Gasteiger charge is -2.26. The molecule has 1 aliphatic rings. The van der Waals surface area contributed by atoms with Crippen LogP contribution in [0.25, 0.3) is 0 Å². The van der Waals surface area contributed by atoms with Gasteiger partial charge in [0.1, 0.15) is 12.1 Å². The molecule has 1 amide bonds. The minimum absolute atomic E-state index is 0.161. The van der Waals surface area contributed by atoms with Gasteiger partial charge >= 0.3 is 0 Å². The van der Waals surface area contributed by atoms with Gasteiger partial charge in [0.15, 0.2) is 0 Å². The monoisotopic (exact) mass is 339 g/mol. The average molecular weight is 339 g/mol. The molecule has 0 atom stereocenters. The highest BCUT2D eigenvalue weighted by molar-refractivity contribution is 5.78. The SMILES string of the molecule is CCN(CC)C(=O)CN1CCCN(c2c(C#N)cccc2C#N)CC1. The van der Waals surface area contributed by atoms with Gasteiger partial charge in [-0.1, -0.05) is 6.07 Å². The molecule has 2 rings (SSSR count). The third-order valence-electron chi connectivity index (χ3n) is 4.66. The topological polar surface area (TPSA) is 74.4 Å². The Hall–Kier alpha value is -2.57. The Labute approximate surface area is 149 Å². The molecule has 0 spiro atoms. The first-order valence-corrected chi connectivity index (χ1v) is 8.82. The first kappa shape index (κ1) is 18.8. The fourth-order valence-corrected chi connectivity index (χ4v) is 3.28. The Morgan fingerprint density at radius 2 is 1.72 bits per heavy atom. The number of rotatable bonds is 5. The van der Waals surface area contributed by atoms with Crippen LogP contribution in [0.5, 0.6) is 0 Å². The van der Waals surface area contributed by atoms with Crippen molar-refractivity contribution in [2.75, 3.05) is 50.7 Å². The van der Waals surface area contributed by atoms with Crippen LogP contribution in [-0.4, -0.2) is 61.5 Å². The molecule has 25 heavy (non-hydrogen) atoms. The summed E-state index contributed by atoms with van der Waals surface area (Å²) in [5, 5.41) is 18.8. The molecular formula is C19H25N5O. The van der Waals surface area contributed by atoms with E-state index in [-0.39, 0.29) is 5.91 Å². The van der Waals surface area contributed by atoms with Crippen molar-refractivity contribution >= 4 is 11.6 Å². The van der Waals surface area contributed by atoms with Gasteiger partial charge in [0.2, 0.25) is 5.91 Å². The third-order valence-corrected chi connectivity index (χ3v) is 4.66. The number of nitrogens with zero attached hydrogens (tertiary/aromatic N) is 5. The van der Waals surface area contributed by atoms with Crippen LogP contribution in [-0.2, 0) is 4.79 Å². The molecule has 132 valence electrons. The molecule has 0 aromatic heterocycles. The van der Waals surface area contributed by atoms with E-state index in [1.807, 2.05) is 18.7 Å². The summed E-state index contributed by atoms with van der Waals surface area (Å²) in [6.45, 7) is 8.97. The molecule has 0 saturated carbocycles. The molecule has 0 unspecified atom stereocenters. The van der Waals surface area contributed by atoms with Crippen LogP contribution in [0, 0.1) is 22.7 Å². The molecule has 6 heteroatoms. The van der Waals surface area contributed by atoms with Gasteiger partial charge < -0.3 is 9.80 Å². The van der Waals surface area contributed by atoms with Gasteiger partial charge in [-0.2, -0.15) is 10.5 Å². The number of carbonyl (C=O) groups is 1. The fraction of sp³-hybridized carbons (Fsp3) is 0.526. The van der Waals surface area contributed by atoms with Crippen molar-refractivity contribution in [1.82, 2.24) is 9.80 Å². The number of anilines is 1. The predicted octanol–water partition coefficient (Wildman–Crippen LogP) is 1.81. The van der Waals surface area contributed by atoms with Crippen LogP contribution in [0.15, 0.2) is 18.2 Å². The van der Waals surface area contributed by atoms with Gasteiger partial charge in [0.25, 0.3) is 0 Å². The van der Waals surface area contributed by atoms with Crippen LogP contribution < -0.4 is 4.90 Å². The molecule has 0 bridgehead atoms. The Bertz CT molecular complexity index is 652. The zero-order chi connectivity index (χ0) is 18.2. The lowest BCUT2D eigenvalue weighted by atomic mass is 10.1.